The van der Waals surface area contributed by atoms with E-state index >= 15 is 0 Å². The molecule has 7 atom stereocenters. The Morgan fingerprint density at radius 2 is 1.97 bits per heavy atom. The second-order valence-electron chi connectivity index (χ2n) is 11.6. The van der Waals surface area contributed by atoms with Crippen molar-refractivity contribution in [3.05, 3.63) is 24.3 Å². The maximum atomic E-state index is 13.3. The minimum absolute atomic E-state index is 0.0200. The van der Waals surface area contributed by atoms with Crippen LogP contribution in [0.1, 0.15) is 77.7 Å². The summed E-state index contributed by atoms with van der Waals surface area (Å²) < 4.78 is 13.0. The van der Waals surface area contributed by atoms with Gasteiger partial charge in [0.1, 0.15) is 5.69 Å². The summed E-state index contributed by atoms with van der Waals surface area (Å²) in [7, 11) is -0.554. The summed E-state index contributed by atoms with van der Waals surface area (Å²) in [6.45, 7) is 12.5. The molecule has 3 saturated carbocycles. The molecule has 0 spiro atoms. The van der Waals surface area contributed by atoms with Gasteiger partial charge in [-0.15, -0.1) is 0 Å². The fourth-order valence-electron chi connectivity index (χ4n) is 6.34. The van der Waals surface area contributed by atoms with Crippen LogP contribution in [0.5, 0.6) is 0 Å². The highest BCUT2D eigenvalue weighted by molar-refractivity contribution is 6.47. The minimum atomic E-state index is -1.00. The lowest BCUT2D eigenvalue weighted by atomic mass is 9.43. The molecule has 9 heteroatoms. The molecule has 8 nitrogen and oxygen atoms in total. The first-order chi connectivity index (χ1) is 15.9. The molecule has 4 fully saturated rings. The normalized spacial score (nSPS) is 31.9. The molecule has 0 aromatic carbocycles. The molecule has 5 rings (SSSR count). The van der Waals surface area contributed by atoms with Crippen LogP contribution in [0.4, 0.5) is 0 Å². The Balaban J connectivity index is 1.47. The van der Waals surface area contributed by atoms with E-state index in [4.69, 9.17) is 9.31 Å². The monoisotopic (exact) mass is 471 g/mol. The molecular formula is C25H38BN3O5. The minimum Gasteiger partial charge on any atom is -0.404 e. The first kappa shape index (κ1) is 25.3. The van der Waals surface area contributed by atoms with Crippen molar-refractivity contribution < 1.29 is 24.0 Å². The lowest BCUT2D eigenvalue weighted by Crippen LogP contribution is -2.65. The predicted octanol–water partition coefficient (Wildman–Crippen LogP) is 2.84. The van der Waals surface area contributed by atoms with E-state index in [-0.39, 0.29) is 46.9 Å². The van der Waals surface area contributed by atoms with Crippen LogP contribution in [0.3, 0.4) is 0 Å². The van der Waals surface area contributed by atoms with Crippen molar-refractivity contribution in [3.63, 3.8) is 0 Å². The second-order valence-corrected chi connectivity index (χ2v) is 11.6. The van der Waals surface area contributed by atoms with Crippen LogP contribution in [0.15, 0.2) is 18.6 Å². The maximum Gasteiger partial charge on any atom is 0.481 e. The standard InChI is InChI=1S/C25H38BN3O5/c1-14(2)9-22(26-33-21-11-16-10-20(24(16,4)5)25(21,6)34-26)29-23(32)17(15(3)30)12-19(31)18-13-27-7-8-28-18/h7-8,13-17,20-22,30H,9-12H2,1-6H3,(H,29,32)/t15-,16-,17+,20-,21-,22+,25+/m1/s1. The number of amides is 1. The molecule has 1 amide bonds. The lowest BCUT2D eigenvalue weighted by Gasteiger charge is -2.64. The van der Waals surface area contributed by atoms with Crippen molar-refractivity contribution >= 4 is 18.8 Å². The van der Waals surface area contributed by atoms with Crippen molar-refractivity contribution in [2.45, 2.75) is 91.0 Å². The van der Waals surface area contributed by atoms with Crippen LogP contribution < -0.4 is 5.32 Å². The van der Waals surface area contributed by atoms with E-state index in [1.54, 1.807) is 0 Å². The zero-order valence-corrected chi connectivity index (χ0v) is 21.2. The zero-order valence-electron chi connectivity index (χ0n) is 21.2. The molecule has 186 valence electrons. The van der Waals surface area contributed by atoms with E-state index in [1.807, 2.05) is 0 Å². The first-order valence-electron chi connectivity index (χ1n) is 12.5. The highest BCUT2D eigenvalue weighted by atomic mass is 16.7. The number of hydrogen-bond acceptors (Lipinski definition) is 7. The third-order valence-electron chi connectivity index (χ3n) is 8.52. The topological polar surface area (TPSA) is 111 Å². The first-order valence-corrected chi connectivity index (χ1v) is 12.5. The van der Waals surface area contributed by atoms with Crippen molar-refractivity contribution in [2.24, 2.45) is 29.1 Å². The number of ketones is 1. The number of carbonyl (C=O) groups is 2. The summed E-state index contributed by atoms with van der Waals surface area (Å²) in [4.78, 5) is 33.9. The molecule has 1 saturated heterocycles. The predicted molar refractivity (Wildman–Crippen MR) is 128 cm³/mol. The Morgan fingerprint density at radius 1 is 1.24 bits per heavy atom. The largest absolute Gasteiger partial charge is 0.481 e. The number of nitrogens with zero attached hydrogens (tertiary/aromatic N) is 2. The molecule has 2 N–H and O–H groups in total. The maximum absolute atomic E-state index is 13.3. The van der Waals surface area contributed by atoms with Gasteiger partial charge in [0.05, 0.1) is 35.9 Å². The van der Waals surface area contributed by atoms with Crippen LogP contribution in [0, 0.1) is 29.1 Å². The van der Waals surface area contributed by atoms with Crippen molar-refractivity contribution in [3.8, 4) is 0 Å². The zero-order chi connectivity index (χ0) is 24.8. The Kier molecular flexibility index (Phi) is 6.92. The van der Waals surface area contributed by atoms with Crippen LogP contribution in [-0.2, 0) is 14.1 Å². The highest BCUT2D eigenvalue weighted by Crippen LogP contribution is 2.65. The number of carbonyl (C=O) groups excluding carboxylic acids is 2. The molecule has 4 aliphatic rings. The molecule has 0 radical (unpaired) electrons. The summed E-state index contributed by atoms with van der Waals surface area (Å²) in [6.07, 6.45) is 5.96. The van der Waals surface area contributed by atoms with Gasteiger partial charge in [-0.2, -0.15) is 0 Å². The second kappa shape index (κ2) is 9.32. The van der Waals surface area contributed by atoms with Crippen LogP contribution in [0.25, 0.3) is 0 Å². The molecule has 2 heterocycles. The quantitative estimate of drug-likeness (QED) is 0.421. The van der Waals surface area contributed by atoms with Gasteiger partial charge in [-0.05, 0) is 56.3 Å². The molecule has 34 heavy (non-hydrogen) atoms. The third-order valence-corrected chi connectivity index (χ3v) is 8.52. The fraction of sp³-hybridized carbons (Fsp3) is 0.760. The Morgan fingerprint density at radius 3 is 2.56 bits per heavy atom. The van der Waals surface area contributed by atoms with Crippen molar-refractivity contribution in [2.75, 3.05) is 0 Å². The number of aromatic nitrogens is 2. The number of aliphatic hydroxyl groups excluding tert-OH is 1. The van der Waals surface area contributed by atoms with Gasteiger partial charge >= 0.3 is 7.12 Å². The van der Waals surface area contributed by atoms with Gasteiger partial charge in [0.25, 0.3) is 0 Å². The van der Waals surface area contributed by atoms with E-state index < -0.39 is 19.1 Å². The summed E-state index contributed by atoms with van der Waals surface area (Å²) in [6, 6.07) is 0. The van der Waals surface area contributed by atoms with E-state index in [0.29, 0.717) is 24.2 Å². The molecule has 1 aromatic heterocycles. The van der Waals surface area contributed by atoms with E-state index in [9.17, 15) is 14.7 Å². The van der Waals surface area contributed by atoms with Gasteiger partial charge in [-0.25, -0.2) is 4.98 Å². The SMILES string of the molecule is CC(C)C[C@H](NC(=O)[C@@H](CC(=O)c1cnccn1)[C@@H](C)O)B1O[C@@H]2C[C@H]3C[C@H](C3(C)C)[C@]2(C)O1. The molecule has 2 bridgehead atoms. The molecule has 1 aliphatic heterocycles. The Labute approximate surface area is 202 Å². The number of Topliss-reactive ketones (excluding diaryl/α,β-unsaturated/α-hetero) is 1. The fourth-order valence-corrected chi connectivity index (χ4v) is 6.34. The number of hydrogen-bond donors (Lipinski definition) is 2. The third kappa shape index (κ3) is 4.54. The Bertz CT molecular complexity index is 911. The summed E-state index contributed by atoms with van der Waals surface area (Å²) in [5, 5.41) is 13.4. The van der Waals surface area contributed by atoms with E-state index in [2.05, 4.69) is 49.9 Å². The molecular weight excluding hydrogens is 433 g/mol. The van der Waals surface area contributed by atoms with E-state index in [1.165, 1.54) is 25.5 Å². The number of aliphatic hydroxyl groups is 1. The smallest absolute Gasteiger partial charge is 0.404 e. The van der Waals surface area contributed by atoms with Gasteiger partial charge in [0.15, 0.2) is 5.78 Å². The van der Waals surface area contributed by atoms with Crippen LogP contribution >= 0.6 is 0 Å². The van der Waals surface area contributed by atoms with Crippen molar-refractivity contribution in [1.82, 2.24) is 15.3 Å². The van der Waals surface area contributed by atoms with Gasteiger partial charge in [-0.1, -0.05) is 27.7 Å². The highest BCUT2D eigenvalue weighted by Gasteiger charge is 2.68. The van der Waals surface area contributed by atoms with Gasteiger partial charge < -0.3 is 19.7 Å². The lowest BCUT2D eigenvalue weighted by molar-refractivity contribution is -0.199. The van der Waals surface area contributed by atoms with Crippen molar-refractivity contribution in [1.29, 1.82) is 0 Å². The summed E-state index contributed by atoms with van der Waals surface area (Å²) >= 11 is 0. The van der Waals surface area contributed by atoms with Gasteiger partial charge in [0.2, 0.25) is 5.91 Å². The van der Waals surface area contributed by atoms with Gasteiger partial charge in [-0.3, -0.25) is 14.6 Å². The Hall–Kier alpha value is -1.84. The van der Waals surface area contributed by atoms with Crippen LogP contribution in [-0.4, -0.2) is 57.6 Å². The summed E-state index contributed by atoms with van der Waals surface area (Å²) in [5.74, 6) is -0.623. The van der Waals surface area contributed by atoms with E-state index in [0.717, 1.165) is 12.8 Å². The molecule has 1 aromatic rings. The molecule has 0 unspecified atom stereocenters. The van der Waals surface area contributed by atoms with Gasteiger partial charge in [0, 0.05) is 18.8 Å². The van der Waals surface area contributed by atoms with Crippen LogP contribution in [0.2, 0.25) is 0 Å². The average molecular weight is 471 g/mol. The number of rotatable bonds is 9. The number of nitrogens with one attached hydrogen (secondary N) is 1. The summed E-state index contributed by atoms with van der Waals surface area (Å²) in [5.41, 5.74) is 0.0492. The molecule has 3 aliphatic carbocycles. The average Bonchev–Trinajstić information content (AvgIpc) is 3.13.